The van der Waals surface area contributed by atoms with Crippen molar-refractivity contribution >= 4 is 32.3 Å². The molecule has 0 spiro atoms. The molecule has 10 rings (SSSR count). The minimum atomic E-state index is -0.579. The molecule has 0 fully saturated rings. The van der Waals surface area contributed by atoms with Gasteiger partial charge in [0.2, 0.25) is 0 Å². The van der Waals surface area contributed by atoms with Crippen molar-refractivity contribution in [2.75, 3.05) is 0 Å². The summed E-state index contributed by atoms with van der Waals surface area (Å²) in [7, 11) is 0. The molecule has 0 aromatic heterocycles. The first kappa shape index (κ1) is 28.6. The van der Waals surface area contributed by atoms with Crippen LogP contribution in [-0.2, 0) is 0 Å². The third-order valence-electron chi connectivity index (χ3n) is 10.3. The smallest absolute Gasteiger partial charge is 0.126 e. The summed E-state index contributed by atoms with van der Waals surface area (Å²) < 4.78 is 28.0. The number of hydrogen-bond donors (Lipinski definition) is 0. The molecule has 0 amide bonds. The molecule has 0 saturated heterocycles. The molecule has 0 aliphatic heterocycles. The molecular formula is C48H28F2. The molecule has 2 heteroatoms. The zero-order valence-electron chi connectivity index (χ0n) is 26.9. The van der Waals surface area contributed by atoms with E-state index in [1.165, 1.54) is 83.7 Å². The molecule has 1 aliphatic rings. The number of rotatable bonds is 4. The topological polar surface area (TPSA) is 0 Å². The Bertz CT molecular complexity index is 2700. The van der Waals surface area contributed by atoms with Gasteiger partial charge in [-0.25, -0.2) is 8.78 Å². The van der Waals surface area contributed by atoms with Gasteiger partial charge in [-0.1, -0.05) is 140 Å². The summed E-state index contributed by atoms with van der Waals surface area (Å²) in [6, 6.07) is 57.8. The molecule has 0 heterocycles. The van der Waals surface area contributed by atoms with E-state index in [2.05, 4.69) is 133 Å². The van der Waals surface area contributed by atoms with E-state index in [1.54, 1.807) is 0 Å². The van der Waals surface area contributed by atoms with Gasteiger partial charge in [0.05, 0.1) is 0 Å². The number of fused-ring (bicyclic) bond motifs is 5. The second kappa shape index (κ2) is 11.1. The number of halogens is 2. The van der Waals surface area contributed by atoms with Crippen LogP contribution in [0.25, 0.3) is 99.1 Å². The minimum Gasteiger partial charge on any atom is -0.207 e. The van der Waals surface area contributed by atoms with Gasteiger partial charge in [0, 0.05) is 6.07 Å². The van der Waals surface area contributed by atoms with Gasteiger partial charge in [-0.3, -0.25) is 0 Å². The van der Waals surface area contributed by atoms with Crippen LogP contribution >= 0.6 is 0 Å². The van der Waals surface area contributed by atoms with Crippen molar-refractivity contribution in [3.8, 4) is 66.8 Å². The van der Waals surface area contributed by atoms with Gasteiger partial charge < -0.3 is 0 Å². The van der Waals surface area contributed by atoms with Crippen LogP contribution in [-0.4, -0.2) is 0 Å². The lowest BCUT2D eigenvalue weighted by atomic mass is 9.82. The van der Waals surface area contributed by atoms with Crippen molar-refractivity contribution in [2.24, 2.45) is 0 Å². The van der Waals surface area contributed by atoms with E-state index in [9.17, 15) is 8.78 Å². The van der Waals surface area contributed by atoms with Crippen molar-refractivity contribution < 1.29 is 8.78 Å². The van der Waals surface area contributed by atoms with Gasteiger partial charge in [-0.15, -0.1) is 0 Å². The molecular weight excluding hydrogens is 615 g/mol. The van der Waals surface area contributed by atoms with Gasteiger partial charge in [0.1, 0.15) is 11.6 Å². The van der Waals surface area contributed by atoms with Crippen molar-refractivity contribution in [3.63, 3.8) is 0 Å². The van der Waals surface area contributed by atoms with Gasteiger partial charge in [-0.05, 0) is 123 Å². The lowest BCUT2D eigenvalue weighted by molar-refractivity contribution is 0.584. The molecule has 0 nitrogen and oxygen atoms in total. The van der Waals surface area contributed by atoms with Crippen LogP contribution in [0, 0.1) is 11.6 Å². The summed E-state index contributed by atoms with van der Waals surface area (Å²) in [5.74, 6) is -1.16. The maximum absolute atomic E-state index is 14.0. The van der Waals surface area contributed by atoms with Crippen LogP contribution in [0.3, 0.4) is 0 Å². The Morgan fingerprint density at radius 2 is 0.780 bits per heavy atom. The molecule has 0 unspecified atom stereocenters. The molecule has 0 atom stereocenters. The second-order valence-electron chi connectivity index (χ2n) is 13.1. The highest BCUT2D eigenvalue weighted by molar-refractivity contribution is 6.28. The third kappa shape index (κ3) is 4.35. The highest BCUT2D eigenvalue weighted by Crippen LogP contribution is 2.58. The Morgan fingerprint density at radius 3 is 1.40 bits per heavy atom. The fourth-order valence-corrected chi connectivity index (χ4v) is 8.17. The maximum atomic E-state index is 14.0. The Morgan fingerprint density at radius 1 is 0.280 bits per heavy atom. The molecule has 0 bridgehead atoms. The van der Waals surface area contributed by atoms with Crippen molar-refractivity contribution in [2.45, 2.75) is 0 Å². The monoisotopic (exact) mass is 642 g/mol. The largest absolute Gasteiger partial charge is 0.207 e. The second-order valence-corrected chi connectivity index (χ2v) is 13.1. The zero-order chi connectivity index (χ0) is 33.3. The minimum absolute atomic E-state index is 0.526. The van der Waals surface area contributed by atoms with E-state index in [1.807, 2.05) is 18.2 Å². The molecule has 0 saturated carbocycles. The molecule has 234 valence electrons. The fourth-order valence-electron chi connectivity index (χ4n) is 8.17. The summed E-state index contributed by atoms with van der Waals surface area (Å²) in [5, 5.41) is 7.06. The third-order valence-corrected chi connectivity index (χ3v) is 10.3. The number of hydrogen-bond acceptors (Lipinski definition) is 0. The lowest BCUT2D eigenvalue weighted by Crippen LogP contribution is -1.93. The van der Waals surface area contributed by atoms with E-state index in [-0.39, 0.29) is 0 Å². The van der Waals surface area contributed by atoms with Gasteiger partial charge in [-0.2, -0.15) is 0 Å². The number of benzene rings is 9. The SMILES string of the molecule is Fc1cc(F)cc(-c2ccc3cc(-c4ccc5c6c(cccc46)-c4c-5c(-c5ccccc5)c5ccccc5c4-c4ccccc4)ccc3c2)c1. The zero-order valence-corrected chi connectivity index (χ0v) is 26.9. The van der Waals surface area contributed by atoms with Gasteiger partial charge in [0.15, 0.2) is 0 Å². The molecule has 9 aromatic carbocycles. The Labute approximate surface area is 288 Å². The first-order valence-electron chi connectivity index (χ1n) is 16.9. The van der Waals surface area contributed by atoms with Gasteiger partial charge in [0.25, 0.3) is 0 Å². The predicted molar refractivity (Wildman–Crippen MR) is 205 cm³/mol. The molecule has 9 aromatic rings. The molecule has 50 heavy (non-hydrogen) atoms. The van der Waals surface area contributed by atoms with E-state index < -0.39 is 11.6 Å². The van der Waals surface area contributed by atoms with E-state index >= 15 is 0 Å². The summed E-state index contributed by atoms with van der Waals surface area (Å²) in [6.07, 6.45) is 0. The summed E-state index contributed by atoms with van der Waals surface area (Å²) in [6.45, 7) is 0. The molecule has 1 aliphatic carbocycles. The highest BCUT2D eigenvalue weighted by Gasteiger charge is 2.31. The predicted octanol–water partition coefficient (Wildman–Crippen LogP) is 13.7. The van der Waals surface area contributed by atoms with Crippen molar-refractivity contribution in [1.82, 2.24) is 0 Å². The van der Waals surface area contributed by atoms with Crippen molar-refractivity contribution in [1.29, 1.82) is 0 Å². The van der Waals surface area contributed by atoms with Crippen LogP contribution in [0.4, 0.5) is 8.78 Å². The van der Waals surface area contributed by atoms with Crippen LogP contribution < -0.4 is 0 Å². The average Bonchev–Trinajstić information content (AvgIpc) is 3.48. The Hall–Kier alpha value is -6.38. The lowest BCUT2D eigenvalue weighted by Gasteiger charge is -2.20. The van der Waals surface area contributed by atoms with Crippen LogP contribution in [0.15, 0.2) is 170 Å². The quantitative estimate of drug-likeness (QED) is 0.179. The van der Waals surface area contributed by atoms with Crippen molar-refractivity contribution in [3.05, 3.63) is 181 Å². The summed E-state index contributed by atoms with van der Waals surface area (Å²) in [5.41, 5.74) is 13.6. The highest BCUT2D eigenvalue weighted by atomic mass is 19.1. The maximum Gasteiger partial charge on any atom is 0.126 e. The summed E-state index contributed by atoms with van der Waals surface area (Å²) in [4.78, 5) is 0. The van der Waals surface area contributed by atoms with Crippen LogP contribution in [0.2, 0.25) is 0 Å². The summed E-state index contributed by atoms with van der Waals surface area (Å²) >= 11 is 0. The standard InChI is InChI=1S/C48H28F2/c49-36-26-35(27-37(50)28-36)33-19-18-32-25-34(21-20-31(32)24-33)38-22-23-43-46-39(38)16-9-17-42(46)47-44(29-10-3-1-4-11-29)40-14-7-8-15-41(40)45(48(43)47)30-12-5-2-6-13-30/h1-28H. The Balaban J connectivity index is 1.21. The normalized spacial score (nSPS) is 11.8. The fraction of sp³-hybridized carbons (Fsp3) is 0. The van der Waals surface area contributed by atoms with Crippen LogP contribution in [0.1, 0.15) is 0 Å². The first-order valence-corrected chi connectivity index (χ1v) is 16.9. The average molecular weight is 643 g/mol. The molecule has 0 radical (unpaired) electrons. The van der Waals surface area contributed by atoms with E-state index in [0.717, 1.165) is 28.0 Å². The Kier molecular flexibility index (Phi) is 6.34. The van der Waals surface area contributed by atoms with E-state index in [0.29, 0.717) is 5.56 Å². The molecule has 0 N–H and O–H groups in total. The first-order chi connectivity index (χ1) is 24.6. The van der Waals surface area contributed by atoms with E-state index in [4.69, 9.17) is 0 Å². The van der Waals surface area contributed by atoms with Gasteiger partial charge >= 0.3 is 0 Å². The van der Waals surface area contributed by atoms with Crippen LogP contribution in [0.5, 0.6) is 0 Å².